The topological polar surface area (TPSA) is 59.1 Å². The molecule has 1 aromatic rings. The largest absolute Gasteiger partial charge is 0.384 e. The molecule has 70 valence electrons. The van der Waals surface area contributed by atoms with Gasteiger partial charge in [-0.1, -0.05) is 6.07 Å². The van der Waals surface area contributed by atoms with Crippen molar-refractivity contribution in [3.63, 3.8) is 0 Å². The maximum atomic E-state index is 12.8. The Balaban J connectivity index is 3.10. The molecule has 0 heterocycles. The van der Waals surface area contributed by atoms with Crippen molar-refractivity contribution >= 4 is 5.84 Å². The van der Waals surface area contributed by atoms with Crippen LogP contribution in [0.3, 0.4) is 0 Å². The average molecular weight is 182 g/mol. The summed E-state index contributed by atoms with van der Waals surface area (Å²) >= 11 is 0. The second-order valence-corrected chi connectivity index (χ2v) is 2.65. The first-order chi connectivity index (χ1) is 6.15. The van der Waals surface area contributed by atoms with Gasteiger partial charge in [-0.25, -0.2) is 4.39 Å². The lowest BCUT2D eigenvalue weighted by Gasteiger charge is -2.06. The summed E-state index contributed by atoms with van der Waals surface area (Å²) in [5, 5.41) is 7.21. The van der Waals surface area contributed by atoms with Gasteiger partial charge in [-0.2, -0.15) is 0 Å². The predicted octanol–water partition coefficient (Wildman–Crippen LogP) is 1.26. The van der Waals surface area contributed by atoms with Gasteiger partial charge >= 0.3 is 0 Å². The molecule has 0 aliphatic carbocycles. The van der Waals surface area contributed by atoms with Crippen molar-refractivity contribution < 1.29 is 9.13 Å². The number of amidine groups is 1. The summed E-state index contributed by atoms with van der Waals surface area (Å²) in [5.41, 5.74) is 6.38. The minimum Gasteiger partial charge on any atom is -0.384 e. The van der Waals surface area contributed by atoms with Crippen LogP contribution >= 0.6 is 0 Å². The van der Waals surface area contributed by atoms with Crippen molar-refractivity contribution in [3.05, 3.63) is 35.1 Å². The van der Waals surface area contributed by atoms with Gasteiger partial charge in [-0.05, 0) is 17.7 Å². The number of nitrogen functional groups attached to an aromatic ring is 1. The molecule has 0 unspecified atom stereocenters. The number of nitrogens with one attached hydrogen (secondary N) is 1. The molecule has 0 spiro atoms. The van der Waals surface area contributed by atoms with Crippen molar-refractivity contribution in [2.75, 3.05) is 7.11 Å². The Labute approximate surface area is 75.8 Å². The van der Waals surface area contributed by atoms with Gasteiger partial charge in [0.2, 0.25) is 0 Å². The van der Waals surface area contributed by atoms with Crippen molar-refractivity contribution in [2.45, 2.75) is 6.61 Å². The SMILES string of the molecule is COCc1ccc(F)cc1C(=N)N. The Kier molecular flexibility index (Phi) is 2.97. The highest BCUT2D eigenvalue weighted by Gasteiger charge is 2.05. The molecule has 3 nitrogen and oxygen atoms in total. The normalized spacial score (nSPS) is 10.0. The standard InChI is InChI=1S/C9H11FN2O/c1-13-5-6-2-3-7(10)4-8(6)9(11)12/h2-4H,5H2,1H3,(H3,11,12). The van der Waals surface area contributed by atoms with Gasteiger partial charge in [0.05, 0.1) is 6.61 Å². The van der Waals surface area contributed by atoms with Gasteiger partial charge in [0.25, 0.3) is 0 Å². The fourth-order valence-electron chi connectivity index (χ4n) is 1.08. The molecular formula is C9H11FN2O. The third-order valence-electron chi connectivity index (χ3n) is 1.66. The van der Waals surface area contributed by atoms with Crippen molar-refractivity contribution in [1.82, 2.24) is 0 Å². The average Bonchev–Trinajstić information content (AvgIpc) is 2.08. The number of rotatable bonds is 3. The Morgan fingerprint density at radius 3 is 2.85 bits per heavy atom. The van der Waals surface area contributed by atoms with Gasteiger partial charge in [-0.3, -0.25) is 5.41 Å². The number of benzene rings is 1. The number of hydrogen-bond donors (Lipinski definition) is 2. The highest BCUT2D eigenvalue weighted by molar-refractivity contribution is 5.96. The summed E-state index contributed by atoms with van der Waals surface area (Å²) < 4.78 is 17.6. The number of nitrogens with two attached hydrogens (primary N) is 1. The lowest BCUT2D eigenvalue weighted by molar-refractivity contribution is 0.184. The maximum absolute atomic E-state index is 12.8. The Morgan fingerprint density at radius 2 is 2.31 bits per heavy atom. The smallest absolute Gasteiger partial charge is 0.123 e. The molecular weight excluding hydrogens is 171 g/mol. The zero-order valence-electron chi connectivity index (χ0n) is 7.30. The summed E-state index contributed by atoms with van der Waals surface area (Å²) in [7, 11) is 1.53. The molecule has 0 radical (unpaired) electrons. The molecule has 4 heteroatoms. The third kappa shape index (κ3) is 2.26. The molecule has 0 aliphatic rings. The van der Waals surface area contributed by atoms with Gasteiger partial charge in [0.15, 0.2) is 0 Å². The molecule has 13 heavy (non-hydrogen) atoms. The van der Waals surface area contributed by atoms with E-state index >= 15 is 0 Å². The molecule has 0 bridgehead atoms. The van der Waals surface area contributed by atoms with Crippen LogP contribution in [0.15, 0.2) is 18.2 Å². The summed E-state index contributed by atoms with van der Waals surface area (Å²) in [5.74, 6) is -0.545. The first-order valence-electron chi connectivity index (χ1n) is 3.77. The van der Waals surface area contributed by atoms with Crippen LogP contribution in [0.4, 0.5) is 4.39 Å². The second kappa shape index (κ2) is 4.00. The minimum atomic E-state index is -0.398. The molecule has 0 aromatic heterocycles. The van der Waals surface area contributed by atoms with Crippen molar-refractivity contribution in [3.8, 4) is 0 Å². The van der Waals surface area contributed by atoms with E-state index in [0.29, 0.717) is 12.2 Å². The van der Waals surface area contributed by atoms with Gasteiger partial charge in [0.1, 0.15) is 11.7 Å². The van der Waals surface area contributed by atoms with Gasteiger partial charge in [0, 0.05) is 12.7 Å². The molecule has 3 N–H and O–H groups in total. The molecule has 0 atom stereocenters. The van der Waals surface area contributed by atoms with E-state index < -0.39 is 5.82 Å². The molecule has 1 rings (SSSR count). The number of hydrogen-bond acceptors (Lipinski definition) is 2. The molecule has 0 saturated heterocycles. The highest BCUT2D eigenvalue weighted by Crippen LogP contribution is 2.11. The lowest BCUT2D eigenvalue weighted by atomic mass is 10.1. The van der Waals surface area contributed by atoms with Gasteiger partial charge in [-0.15, -0.1) is 0 Å². The summed E-state index contributed by atoms with van der Waals surface area (Å²) in [6, 6.07) is 4.12. The van der Waals surface area contributed by atoms with Crippen LogP contribution < -0.4 is 5.73 Å². The van der Waals surface area contributed by atoms with Crippen LogP contribution in [0.25, 0.3) is 0 Å². The predicted molar refractivity (Wildman–Crippen MR) is 48.1 cm³/mol. The maximum Gasteiger partial charge on any atom is 0.123 e. The number of ether oxygens (including phenoxy) is 1. The van der Waals surface area contributed by atoms with E-state index in [4.69, 9.17) is 15.9 Å². The molecule has 0 fully saturated rings. The van der Waals surface area contributed by atoms with Crippen LogP contribution in [0.1, 0.15) is 11.1 Å². The van der Waals surface area contributed by atoms with E-state index in [1.807, 2.05) is 0 Å². The van der Waals surface area contributed by atoms with Crippen LogP contribution in [0.2, 0.25) is 0 Å². The van der Waals surface area contributed by atoms with Crippen molar-refractivity contribution in [1.29, 1.82) is 5.41 Å². The third-order valence-corrected chi connectivity index (χ3v) is 1.66. The fraction of sp³-hybridized carbons (Fsp3) is 0.222. The van der Waals surface area contributed by atoms with Crippen molar-refractivity contribution in [2.24, 2.45) is 5.73 Å². The minimum absolute atomic E-state index is 0.147. The quantitative estimate of drug-likeness (QED) is 0.546. The summed E-state index contributed by atoms with van der Waals surface area (Å²) in [4.78, 5) is 0. The van der Waals surface area contributed by atoms with Crippen LogP contribution in [0.5, 0.6) is 0 Å². The first-order valence-corrected chi connectivity index (χ1v) is 3.77. The highest BCUT2D eigenvalue weighted by atomic mass is 19.1. The lowest BCUT2D eigenvalue weighted by Crippen LogP contribution is -2.14. The molecule has 0 saturated carbocycles. The van der Waals surface area contributed by atoms with Crippen LogP contribution in [-0.4, -0.2) is 12.9 Å². The first kappa shape index (κ1) is 9.67. The van der Waals surface area contributed by atoms with E-state index in [0.717, 1.165) is 5.56 Å². The molecule has 0 amide bonds. The van der Waals surface area contributed by atoms with E-state index in [1.165, 1.54) is 19.2 Å². The monoisotopic (exact) mass is 182 g/mol. The van der Waals surface area contributed by atoms with Crippen LogP contribution in [-0.2, 0) is 11.3 Å². The van der Waals surface area contributed by atoms with E-state index in [2.05, 4.69) is 0 Å². The number of methoxy groups -OCH3 is 1. The van der Waals surface area contributed by atoms with E-state index in [1.54, 1.807) is 6.07 Å². The molecule has 0 aliphatic heterocycles. The fourth-order valence-corrected chi connectivity index (χ4v) is 1.08. The zero-order chi connectivity index (χ0) is 9.84. The second-order valence-electron chi connectivity index (χ2n) is 2.65. The van der Waals surface area contributed by atoms with E-state index in [-0.39, 0.29) is 5.84 Å². The van der Waals surface area contributed by atoms with E-state index in [9.17, 15) is 4.39 Å². The zero-order valence-corrected chi connectivity index (χ0v) is 7.30. The Morgan fingerprint density at radius 1 is 1.62 bits per heavy atom. The molecule has 1 aromatic carbocycles. The Bertz CT molecular complexity index is 325. The summed E-state index contributed by atoms with van der Waals surface area (Å²) in [6.07, 6.45) is 0. The van der Waals surface area contributed by atoms with Crippen LogP contribution in [0, 0.1) is 11.2 Å². The van der Waals surface area contributed by atoms with Gasteiger partial charge < -0.3 is 10.5 Å². The Hall–Kier alpha value is -1.42. The summed E-state index contributed by atoms with van der Waals surface area (Å²) in [6.45, 7) is 0.329. The number of halogens is 1.